The second kappa shape index (κ2) is 6.40. The zero-order chi connectivity index (χ0) is 13.7. The molecule has 0 spiro atoms. The number of aryl methyl sites for hydroxylation is 1. The molecule has 1 rings (SSSR count). The van der Waals surface area contributed by atoms with Gasteiger partial charge < -0.3 is 10.2 Å². The monoisotopic (exact) mass is 268 g/mol. The van der Waals surface area contributed by atoms with Gasteiger partial charge in [-0.3, -0.25) is 9.59 Å². The highest BCUT2D eigenvalue weighted by molar-refractivity contribution is 6.30. The number of carbonyl (C=O) groups excluding carboxylic acids is 2. The Morgan fingerprint density at radius 2 is 1.89 bits per heavy atom. The molecule has 0 bridgehead atoms. The molecular formula is C13H17ClN2O2. The van der Waals surface area contributed by atoms with Crippen molar-refractivity contribution in [1.82, 2.24) is 4.90 Å². The largest absolute Gasteiger partial charge is 0.335 e. The maximum Gasteiger partial charge on any atom is 0.243 e. The van der Waals surface area contributed by atoms with Crippen LogP contribution in [-0.2, 0) is 9.59 Å². The van der Waals surface area contributed by atoms with E-state index in [1.54, 1.807) is 14.0 Å². The van der Waals surface area contributed by atoms with Gasteiger partial charge in [0.25, 0.3) is 0 Å². The summed E-state index contributed by atoms with van der Waals surface area (Å²) >= 11 is 5.66. The molecule has 1 aromatic rings. The first kappa shape index (κ1) is 14.5. The van der Waals surface area contributed by atoms with Gasteiger partial charge in [-0.15, -0.1) is 11.6 Å². The molecule has 0 radical (unpaired) electrons. The van der Waals surface area contributed by atoms with E-state index in [9.17, 15) is 9.59 Å². The molecule has 0 saturated heterocycles. The van der Waals surface area contributed by atoms with Crippen LogP contribution in [0.15, 0.2) is 24.3 Å². The highest BCUT2D eigenvalue weighted by atomic mass is 35.5. The lowest BCUT2D eigenvalue weighted by atomic mass is 10.2. The van der Waals surface area contributed by atoms with Crippen LogP contribution in [0.25, 0.3) is 0 Å². The number of halogens is 1. The van der Waals surface area contributed by atoms with E-state index in [1.807, 2.05) is 31.2 Å². The van der Waals surface area contributed by atoms with Gasteiger partial charge in [0.1, 0.15) is 5.38 Å². The lowest BCUT2D eigenvalue weighted by Crippen LogP contribution is -2.38. The summed E-state index contributed by atoms with van der Waals surface area (Å²) in [7, 11) is 1.55. The molecule has 0 aliphatic carbocycles. The molecule has 0 aliphatic heterocycles. The van der Waals surface area contributed by atoms with Crippen molar-refractivity contribution < 1.29 is 9.59 Å². The molecule has 0 aromatic heterocycles. The predicted octanol–water partition coefficient (Wildman–Crippen LogP) is 2.02. The van der Waals surface area contributed by atoms with E-state index in [-0.39, 0.29) is 18.4 Å². The molecule has 0 aliphatic rings. The van der Waals surface area contributed by atoms with Crippen LogP contribution in [-0.4, -0.2) is 35.7 Å². The highest BCUT2D eigenvalue weighted by Crippen LogP contribution is 2.08. The average Bonchev–Trinajstić information content (AvgIpc) is 2.30. The van der Waals surface area contributed by atoms with Gasteiger partial charge in [-0.25, -0.2) is 0 Å². The van der Waals surface area contributed by atoms with E-state index in [2.05, 4.69) is 5.32 Å². The normalized spacial score (nSPS) is 11.8. The van der Waals surface area contributed by atoms with Gasteiger partial charge in [-0.05, 0) is 26.0 Å². The minimum Gasteiger partial charge on any atom is -0.335 e. The van der Waals surface area contributed by atoms with Crippen LogP contribution in [0.1, 0.15) is 12.5 Å². The van der Waals surface area contributed by atoms with Crippen molar-refractivity contribution >= 4 is 29.1 Å². The number of hydrogen-bond acceptors (Lipinski definition) is 2. The minimum atomic E-state index is -0.623. The summed E-state index contributed by atoms with van der Waals surface area (Å²) in [5, 5.41) is 2.09. The third kappa shape index (κ3) is 4.37. The Labute approximate surface area is 112 Å². The molecule has 4 nitrogen and oxygen atoms in total. The molecule has 5 heteroatoms. The number of benzene rings is 1. The molecule has 2 amide bonds. The molecule has 18 heavy (non-hydrogen) atoms. The zero-order valence-electron chi connectivity index (χ0n) is 10.7. The average molecular weight is 269 g/mol. The lowest BCUT2D eigenvalue weighted by Gasteiger charge is -2.17. The number of amides is 2. The third-order valence-corrected chi connectivity index (χ3v) is 2.62. The van der Waals surface area contributed by atoms with E-state index < -0.39 is 5.38 Å². The first-order valence-electron chi connectivity index (χ1n) is 5.65. The Kier molecular flexibility index (Phi) is 5.16. The van der Waals surface area contributed by atoms with Crippen molar-refractivity contribution in [3.05, 3.63) is 29.8 Å². The van der Waals surface area contributed by atoms with Crippen molar-refractivity contribution in [1.29, 1.82) is 0 Å². The van der Waals surface area contributed by atoms with E-state index in [0.717, 1.165) is 5.56 Å². The topological polar surface area (TPSA) is 49.4 Å². The number of carbonyl (C=O) groups is 2. The van der Waals surface area contributed by atoms with Gasteiger partial charge in [0.15, 0.2) is 0 Å². The van der Waals surface area contributed by atoms with Gasteiger partial charge >= 0.3 is 0 Å². The van der Waals surface area contributed by atoms with E-state index in [4.69, 9.17) is 11.6 Å². The van der Waals surface area contributed by atoms with Crippen molar-refractivity contribution in [2.24, 2.45) is 0 Å². The van der Waals surface area contributed by atoms with Gasteiger partial charge in [-0.2, -0.15) is 0 Å². The lowest BCUT2D eigenvalue weighted by molar-refractivity contribution is -0.132. The van der Waals surface area contributed by atoms with Gasteiger partial charge in [0.2, 0.25) is 11.8 Å². The summed E-state index contributed by atoms with van der Waals surface area (Å²) in [6, 6.07) is 7.45. The molecule has 1 N–H and O–H groups in total. The molecule has 1 aromatic carbocycles. The SMILES string of the molecule is Cc1ccc(NC(=O)CN(C)C(=O)[C@H](C)Cl)cc1. The van der Waals surface area contributed by atoms with E-state index in [1.165, 1.54) is 4.90 Å². The first-order valence-corrected chi connectivity index (χ1v) is 6.09. The minimum absolute atomic E-state index is 0.0101. The van der Waals surface area contributed by atoms with Crippen LogP contribution in [0, 0.1) is 6.92 Å². The number of alkyl halides is 1. The Bertz CT molecular complexity index is 429. The summed E-state index contributed by atoms with van der Waals surface area (Å²) in [6.45, 7) is 3.54. The standard InChI is InChI=1S/C13H17ClN2O2/c1-9-4-6-11(7-5-9)15-12(17)8-16(3)13(18)10(2)14/h4-7,10H,8H2,1-3H3,(H,15,17)/t10-/m0/s1. The smallest absolute Gasteiger partial charge is 0.243 e. The predicted molar refractivity (Wildman–Crippen MR) is 72.8 cm³/mol. The summed E-state index contributed by atoms with van der Waals surface area (Å²) in [4.78, 5) is 24.5. The Morgan fingerprint density at radius 1 is 1.33 bits per heavy atom. The van der Waals surface area contributed by atoms with Crippen molar-refractivity contribution in [2.45, 2.75) is 19.2 Å². The molecular weight excluding hydrogens is 252 g/mol. The van der Waals surface area contributed by atoms with Crippen molar-refractivity contribution in [3.63, 3.8) is 0 Å². The summed E-state index contributed by atoms with van der Waals surface area (Å²) in [5.41, 5.74) is 1.83. The Morgan fingerprint density at radius 3 is 2.39 bits per heavy atom. The fraction of sp³-hybridized carbons (Fsp3) is 0.385. The van der Waals surface area contributed by atoms with Crippen LogP contribution < -0.4 is 5.32 Å². The molecule has 1 atom stereocenters. The molecule has 0 fully saturated rings. The molecule has 98 valence electrons. The van der Waals surface area contributed by atoms with Gasteiger partial charge in [0, 0.05) is 12.7 Å². The van der Waals surface area contributed by atoms with Crippen LogP contribution in [0.2, 0.25) is 0 Å². The second-order valence-corrected chi connectivity index (χ2v) is 4.88. The van der Waals surface area contributed by atoms with Crippen LogP contribution in [0.5, 0.6) is 0 Å². The molecule has 0 heterocycles. The molecule has 0 unspecified atom stereocenters. The quantitative estimate of drug-likeness (QED) is 0.850. The van der Waals surface area contributed by atoms with E-state index >= 15 is 0 Å². The van der Waals surface area contributed by atoms with Gasteiger partial charge in [0.05, 0.1) is 6.54 Å². The van der Waals surface area contributed by atoms with Crippen LogP contribution >= 0.6 is 11.6 Å². The summed E-state index contributed by atoms with van der Waals surface area (Å²) in [5.74, 6) is -0.511. The number of rotatable bonds is 4. The molecule has 0 saturated carbocycles. The fourth-order valence-corrected chi connectivity index (χ4v) is 1.60. The highest BCUT2D eigenvalue weighted by Gasteiger charge is 2.17. The zero-order valence-corrected chi connectivity index (χ0v) is 11.5. The van der Waals surface area contributed by atoms with Gasteiger partial charge in [-0.1, -0.05) is 17.7 Å². The fourth-order valence-electron chi connectivity index (χ4n) is 1.43. The second-order valence-electron chi connectivity index (χ2n) is 4.22. The van der Waals surface area contributed by atoms with E-state index in [0.29, 0.717) is 5.69 Å². The first-order chi connectivity index (χ1) is 8.40. The maximum atomic E-state index is 11.7. The summed E-state index contributed by atoms with van der Waals surface area (Å²) < 4.78 is 0. The number of hydrogen-bond donors (Lipinski definition) is 1. The Hall–Kier alpha value is -1.55. The Balaban J connectivity index is 2.51. The number of likely N-dealkylation sites (N-methyl/N-ethyl adjacent to an activating group) is 1. The number of anilines is 1. The summed E-state index contributed by atoms with van der Waals surface area (Å²) in [6.07, 6.45) is 0. The van der Waals surface area contributed by atoms with Crippen LogP contribution in [0.3, 0.4) is 0 Å². The van der Waals surface area contributed by atoms with Crippen molar-refractivity contribution in [3.8, 4) is 0 Å². The number of nitrogens with one attached hydrogen (secondary N) is 1. The maximum absolute atomic E-state index is 11.7. The van der Waals surface area contributed by atoms with Crippen molar-refractivity contribution in [2.75, 3.05) is 18.9 Å². The third-order valence-electron chi connectivity index (χ3n) is 2.43. The number of nitrogens with zero attached hydrogens (tertiary/aromatic N) is 1. The van der Waals surface area contributed by atoms with Crippen LogP contribution in [0.4, 0.5) is 5.69 Å².